The van der Waals surface area contributed by atoms with Gasteiger partial charge in [-0.05, 0) is 42.5 Å². The Bertz CT molecular complexity index is 1680. The molecular formula is C27H17F8N5O2. The average molecular weight is 595 g/mol. The highest BCUT2D eigenvalue weighted by atomic mass is 19.4. The number of hydrogen-bond acceptors (Lipinski definition) is 6. The van der Waals surface area contributed by atoms with Crippen LogP contribution in [0, 0.1) is 11.6 Å². The first-order valence-electron chi connectivity index (χ1n) is 12.0. The number of aromatic nitrogens is 4. The molecule has 7 nitrogen and oxygen atoms in total. The largest absolute Gasteiger partial charge is 0.467 e. The van der Waals surface area contributed by atoms with Crippen LogP contribution >= 0.6 is 0 Å². The smallest absolute Gasteiger partial charge is 0.417 e. The Morgan fingerprint density at radius 1 is 0.976 bits per heavy atom. The van der Waals surface area contributed by atoms with Crippen LogP contribution in [0.5, 0.6) is 0 Å². The molecule has 218 valence electrons. The van der Waals surface area contributed by atoms with Crippen molar-refractivity contribution in [3.05, 3.63) is 94.6 Å². The molecule has 42 heavy (non-hydrogen) atoms. The Morgan fingerprint density at radius 3 is 2.38 bits per heavy atom. The number of nitrogens with one attached hydrogen (secondary N) is 1. The zero-order valence-electron chi connectivity index (χ0n) is 21.2. The van der Waals surface area contributed by atoms with Crippen molar-refractivity contribution in [2.24, 2.45) is 0 Å². The van der Waals surface area contributed by atoms with E-state index < -0.39 is 52.7 Å². The van der Waals surface area contributed by atoms with Crippen LogP contribution in [-0.4, -0.2) is 38.1 Å². The fourth-order valence-corrected chi connectivity index (χ4v) is 4.42. The van der Waals surface area contributed by atoms with Gasteiger partial charge in [0.2, 0.25) is 0 Å². The van der Waals surface area contributed by atoms with Crippen molar-refractivity contribution >= 4 is 12.0 Å². The average Bonchev–Trinajstić information content (AvgIpc) is 3.37. The molecule has 0 saturated heterocycles. The van der Waals surface area contributed by atoms with Crippen molar-refractivity contribution in [2.45, 2.75) is 24.9 Å². The van der Waals surface area contributed by atoms with Crippen LogP contribution < -0.4 is 0 Å². The summed E-state index contributed by atoms with van der Waals surface area (Å²) in [5, 5.41) is 7.66. The van der Waals surface area contributed by atoms with Gasteiger partial charge >= 0.3 is 18.3 Å². The molecule has 2 aromatic carbocycles. The van der Waals surface area contributed by atoms with Gasteiger partial charge in [0.25, 0.3) is 0 Å². The van der Waals surface area contributed by atoms with E-state index in [1.54, 1.807) is 0 Å². The Labute approximate surface area is 231 Å². The zero-order valence-corrected chi connectivity index (χ0v) is 21.2. The molecule has 1 N–H and O–H groups in total. The number of methoxy groups -OCH3 is 1. The number of carbonyl (C=O) groups is 1. The lowest BCUT2D eigenvalue weighted by atomic mass is 10.00. The third-order valence-corrected chi connectivity index (χ3v) is 6.43. The first-order valence-corrected chi connectivity index (χ1v) is 12.0. The van der Waals surface area contributed by atoms with E-state index in [1.807, 2.05) is 0 Å². The zero-order chi connectivity index (χ0) is 30.4. The van der Waals surface area contributed by atoms with Gasteiger partial charge in [0.15, 0.2) is 17.7 Å². The normalized spacial score (nSPS) is 14.1. The number of aromatic amines is 1. The van der Waals surface area contributed by atoms with Gasteiger partial charge in [-0.15, -0.1) is 0 Å². The van der Waals surface area contributed by atoms with Crippen LogP contribution in [0.15, 0.2) is 54.7 Å². The number of nitrogens with zero attached hydrogens (tertiary/aromatic N) is 4. The van der Waals surface area contributed by atoms with Crippen LogP contribution in [-0.2, 0) is 28.4 Å². The minimum Gasteiger partial charge on any atom is -0.467 e. The van der Waals surface area contributed by atoms with E-state index in [1.165, 1.54) is 35.4 Å². The molecule has 1 atom stereocenters. The first-order chi connectivity index (χ1) is 19.8. The van der Waals surface area contributed by atoms with Crippen molar-refractivity contribution in [1.82, 2.24) is 25.1 Å². The number of rotatable bonds is 5. The van der Waals surface area contributed by atoms with Crippen LogP contribution in [0.1, 0.15) is 34.3 Å². The lowest BCUT2D eigenvalue weighted by Gasteiger charge is -2.29. The predicted octanol–water partition coefficient (Wildman–Crippen LogP) is 6.55. The number of fused-ring (bicyclic) bond motifs is 1. The topological polar surface area (TPSA) is 84.0 Å². The summed E-state index contributed by atoms with van der Waals surface area (Å²) in [7, 11) is 1.11. The second-order valence-corrected chi connectivity index (χ2v) is 9.06. The van der Waals surface area contributed by atoms with Gasteiger partial charge < -0.3 is 14.6 Å². The molecule has 3 heterocycles. The number of hydrogen-bond donors (Lipinski definition) is 1. The number of esters is 1. The maximum absolute atomic E-state index is 14.3. The lowest BCUT2D eigenvalue weighted by molar-refractivity contribution is -0.147. The maximum atomic E-state index is 14.3. The molecule has 0 spiro atoms. The number of alkyl halides is 6. The van der Waals surface area contributed by atoms with Crippen molar-refractivity contribution in [1.29, 1.82) is 0 Å². The van der Waals surface area contributed by atoms with Gasteiger partial charge in [-0.3, -0.25) is 0 Å². The Balaban J connectivity index is 1.46. The number of imidazole rings is 1. The molecular weight excluding hydrogens is 578 g/mol. The quantitative estimate of drug-likeness (QED) is 0.208. The van der Waals surface area contributed by atoms with Gasteiger partial charge in [0.05, 0.1) is 53.1 Å². The highest BCUT2D eigenvalue weighted by Crippen LogP contribution is 2.40. The fraction of sp³-hybridized carbons (Fsp3) is 0.185. The molecule has 1 aliphatic rings. The fourth-order valence-electron chi connectivity index (χ4n) is 4.42. The first kappa shape index (κ1) is 28.7. The van der Waals surface area contributed by atoms with Crippen molar-refractivity contribution in [3.8, 4) is 22.6 Å². The number of carbonyl (C=O) groups excluding carboxylic acids is 1. The highest BCUT2D eigenvalue weighted by molar-refractivity contribution is 5.78. The Hall–Kier alpha value is -4.82. The van der Waals surface area contributed by atoms with Crippen molar-refractivity contribution in [2.75, 3.05) is 7.11 Å². The van der Waals surface area contributed by atoms with Gasteiger partial charge in [-0.1, -0.05) is 12.1 Å². The van der Waals surface area contributed by atoms with Crippen molar-refractivity contribution in [3.63, 3.8) is 0 Å². The molecule has 5 rings (SSSR count). The molecule has 0 amide bonds. The lowest BCUT2D eigenvalue weighted by Crippen LogP contribution is -2.33. The molecule has 2 aromatic heterocycles. The van der Waals surface area contributed by atoms with Gasteiger partial charge in [0, 0.05) is 11.8 Å². The van der Waals surface area contributed by atoms with E-state index in [-0.39, 0.29) is 35.4 Å². The number of benzene rings is 2. The molecule has 0 saturated carbocycles. The highest BCUT2D eigenvalue weighted by Gasteiger charge is 2.39. The monoisotopic (exact) mass is 595 g/mol. The Morgan fingerprint density at radius 2 is 1.74 bits per heavy atom. The summed E-state index contributed by atoms with van der Waals surface area (Å²) in [5.74, 6) is -2.94. The number of H-pyrrole nitrogens is 1. The number of ether oxygens (including phenoxy) is 1. The van der Waals surface area contributed by atoms with Gasteiger partial charge in [0.1, 0.15) is 5.82 Å². The van der Waals surface area contributed by atoms with Crippen LogP contribution in [0.4, 0.5) is 35.1 Å². The van der Waals surface area contributed by atoms with E-state index >= 15 is 0 Å². The molecule has 15 heteroatoms. The SMILES string of the molecule is COC(=O)C(c1ccc(-c2ccc(C(F)(F)F)cc2C(F)(F)F)nn1)N1C=Cc2nc(-c3cccc(F)c3F)[nH]c2C1. The van der Waals surface area contributed by atoms with Crippen molar-refractivity contribution < 1.29 is 44.7 Å². The van der Waals surface area contributed by atoms with Crippen LogP contribution in [0.2, 0.25) is 0 Å². The maximum Gasteiger partial charge on any atom is 0.417 e. The molecule has 0 radical (unpaired) electrons. The van der Waals surface area contributed by atoms with Crippen LogP contribution in [0.25, 0.3) is 28.7 Å². The molecule has 0 fully saturated rings. The van der Waals surface area contributed by atoms with Crippen LogP contribution in [0.3, 0.4) is 0 Å². The molecule has 0 aliphatic carbocycles. The van der Waals surface area contributed by atoms with E-state index in [9.17, 15) is 39.9 Å². The third-order valence-electron chi connectivity index (χ3n) is 6.43. The summed E-state index contributed by atoms with van der Waals surface area (Å²) >= 11 is 0. The van der Waals surface area contributed by atoms with E-state index in [0.29, 0.717) is 23.5 Å². The molecule has 4 aromatic rings. The van der Waals surface area contributed by atoms with E-state index in [0.717, 1.165) is 19.2 Å². The minimum atomic E-state index is -5.13. The van der Waals surface area contributed by atoms with Gasteiger partial charge in [-0.2, -0.15) is 36.5 Å². The second kappa shape index (κ2) is 10.5. The molecule has 1 unspecified atom stereocenters. The summed E-state index contributed by atoms with van der Waals surface area (Å²) in [6.07, 6.45) is -7.17. The Kier molecular flexibility index (Phi) is 7.20. The standard InChI is InChI=1S/C27H17F8N5O2/c1-42-25(41)23(40-10-9-19-21(12-40)37-24(36-19)15-3-2-4-17(28)22(15)29)20-8-7-18(38-39-20)14-6-5-13(26(30,31)32)11-16(14)27(33,34)35/h2-11,23H,12H2,1H3,(H,36,37). The van der Waals surface area contributed by atoms with E-state index in [2.05, 4.69) is 20.2 Å². The van der Waals surface area contributed by atoms with E-state index in [4.69, 9.17) is 4.74 Å². The summed E-state index contributed by atoms with van der Waals surface area (Å²) < 4.78 is 113. The summed E-state index contributed by atoms with van der Waals surface area (Å²) in [5.41, 5.74) is -3.40. The van der Waals surface area contributed by atoms with Gasteiger partial charge in [-0.25, -0.2) is 18.6 Å². The summed E-state index contributed by atoms with van der Waals surface area (Å²) in [6, 6.07) is 5.79. The summed E-state index contributed by atoms with van der Waals surface area (Å²) in [4.78, 5) is 21.4. The predicted molar refractivity (Wildman–Crippen MR) is 131 cm³/mol. The second-order valence-electron chi connectivity index (χ2n) is 9.06. The number of halogens is 8. The minimum absolute atomic E-state index is 0.00730. The molecule has 1 aliphatic heterocycles. The third kappa shape index (κ3) is 5.41. The molecule has 0 bridgehead atoms. The summed E-state index contributed by atoms with van der Waals surface area (Å²) in [6.45, 7) is -0.0178.